The highest BCUT2D eigenvalue weighted by Gasteiger charge is 2.05. The Morgan fingerprint density at radius 3 is 3.15 bits per heavy atom. The van der Waals surface area contributed by atoms with Crippen molar-refractivity contribution in [3.63, 3.8) is 0 Å². The van der Waals surface area contributed by atoms with Gasteiger partial charge in [-0.1, -0.05) is 11.6 Å². The Balaban J connectivity index is 2.57. The van der Waals surface area contributed by atoms with Crippen LogP contribution in [0.25, 0.3) is 15.1 Å². The maximum absolute atomic E-state index is 6.72. The summed E-state index contributed by atoms with van der Waals surface area (Å²) in [6.45, 7) is 7.08. The third-order valence-electron chi connectivity index (χ3n) is 1.61. The molecule has 0 aliphatic carbocycles. The molecule has 1 aromatic heterocycles. The second kappa shape index (κ2) is 3.33. The first-order chi connectivity index (χ1) is 6.29. The van der Waals surface area contributed by atoms with Gasteiger partial charge >= 0.3 is 0 Å². The fourth-order valence-corrected chi connectivity index (χ4v) is 2.12. The summed E-state index contributed by atoms with van der Waals surface area (Å²) in [6, 6.07) is 5.59. The van der Waals surface area contributed by atoms with Gasteiger partial charge in [-0.25, -0.2) is 11.6 Å². The molecule has 0 N–H and O–H groups in total. The van der Waals surface area contributed by atoms with Gasteiger partial charge in [-0.15, -0.1) is 11.3 Å². The lowest BCUT2D eigenvalue weighted by Gasteiger charge is -1.86. The molecule has 4 heteroatoms. The van der Waals surface area contributed by atoms with Crippen molar-refractivity contribution in [3.8, 4) is 0 Å². The number of thiazole rings is 1. The summed E-state index contributed by atoms with van der Waals surface area (Å²) in [6.07, 6.45) is 0. The maximum atomic E-state index is 6.72. The molecule has 0 saturated heterocycles. The molecule has 2 aromatic rings. The minimum atomic E-state index is 0.358. The highest BCUT2D eigenvalue weighted by molar-refractivity contribution is 7.18. The standard InChI is InChI=1S/C9H5ClN2S/c1-11-5-9-12-7-4-6(10)2-3-8(7)13-9/h2-4H,5H2. The van der Waals surface area contributed by atoms with Crippen LogP contribution < -0.4 is 0 Å². The normalized spacial score (nSPS) is 10.2. The van der Waals surface area contributed by atoms with E-state index in [0.29, 0.717) is 11.6 Å². The zero-order chi connectivity index (χ0) is 9.26. The van der Waals surface area contributed by atoms with Crippen molar-refractivity contribution in [2.24, 2.45) is 0 Å². The quantitative estimate of drug-likeness (QED) is 0.657. The molecule has 2 rings (SSSR count). The molecule has 0 bridgehead atoms. The first-order valence-electron chi connectivity index (χ1n) is 3.68. The van der Waals surface area contributed by atoms with E-state index >= 15 is 0 Å². The van der Waals surface area contributed by atoms with Gasteiger partial charge in [-0.3, -0.25) is 0 Å². The van der Waals surface area contributed by atoms with Gasteiger partial charge in [0.2, 0.25) is 0 Å². The summed E-state index contributed by atoms with van der Waals surface area (Å²) in [4.78, 5) is 7.57. The minimum Gasteiger partial charge on any atom is -0.309 e. The molecule has 0 atom stereocenters. The lowest BCUT2D eigenvalue weighted by molar-refractivity contribution is 1.21. The van der Waals surface area contributed by atoms with Crippen LogP contribution in [0.15, 0.2) is 18.2 Å². The zero-order valence-electron chi connectivity index (χ0n) is 6.62. The summed E-state index contributed by atoms with van der Waals surface area (Å²) >= 11 is 7.36. The van der Waals surface area contributed by atoms with E-state index in [2.05, 4.69) is 9.83 Å². The van der Waals surface area contributed by atoms with Crippen LogP contribution in [0.2, 0.25) is 5.02 Å². The van der Waals surface area contributed by atoms with Crippen molar-refractivity contribution < 1.29 is 0 Å². The van der Waals surface area contributed by atoms with Crippen molar-refractivity contribution >= 4 is 33.2 Å². The predicted molar refractivity (Wildman–Crippen MR) is 54.9 cm³/mol. The second-order valence-corrected chi connectivity index (χ2v) is 4.09. The monoisotopic (exact) mass is 208 g/mol. The Kier molecular flexibility index (Phi) is 2.17. The minimum absolute atomic E-state index is 0.358. The van der Waals surface area contributed by atoms with Crippen molar-refractivity contribution in [1.82, 2.24) is 4.98 Å². The van der Waals surface area contributed by atoms with Gasteiger partial charge in [0.05, 0.1) is 10.2 Å². The smallest absolute Gasteiger partial charge is 0.265 e. The zero-order valence-corrected chi connectivity index (χ0v) is 8.19. The van der Waals surface area contributed by atoms with Crippen molar-refractivity contribution in [2.45, 2.75) is 6.54 Å². The van der Waals surface area contributed by atoms with E-state index in [0.717, 1.165) is 15.2 Å². The lowest BCUT2D eigenvalue weighted by Crippen LogP contribution is -1.74. The summed E-state index contributed by atoms with van der Waals surface area (Å²) in [5.74, 6) is 0. The Bertz CT molecular complexity index is 484. The highest BCUT2D eigenvalue weighted by atomic mass is 35.5. The van der Waals surface area contributed by atoms with Crippen LogP contribution in [0, 0.1) is 6.57 Å². The highest BCUT2D eigenvalue weighted by Crippen LogP contribution is 2.25. The van der Waals surface area contributed by atoms with Gasteiger partial charge in [-0.05, 0) is 18.2 Å². The maximum Gasteiger partial charge on any atom is 0.265 e. The van der Waals surface area contributed by atoms with Crippen LogP contribution in [-0.2, 0) is 6.54 Å². The fraction of sp³-hybridized carbons (Fsp3) is 0.111. The summed E-state index contributed by atoms with van der Waals surface area (Å²) in [7, 11) is 0. The van der Waals surface area contributed by atoms with E-state index in [1.165, 1.54) is 0 Å². The van der Waals surface area contributed by atoms with E-state index in [1.54, 1.807) is 11.3 Å². The Hall–Kier alpha value is -1.11. The molecule has 0 aliphatic heterocycles. The number of halogens is 1. The SMILES string of the molecule is [C-]#[N+]Cc1nc2cc(Cl)ccc2s1. The van der Waals surface area contributed by atoms with Gasteiger partial charge in [-0.2, -0.15) is 0 Å². The van der Waals surface area contributed by atoms with Crippen molar-refractivity contribution in [1.29, 1.82) is 0 Å². The first-order valence-corrected chi connectivity index (χ1v) is 4.87. The van der Waals surface area contributed by atoms with Crippen LogP contribution in [0.3, 0.4) is 0 Å². The van der Waals surface area contributed by atoms with Gasteiger partial charge < -0.3 is 4.85 Å². The molecule has 0 unspecified atom stereocenters. The molecule has 64 valence electrons. The van der Waals surface area contributed by atoms with E-state index in [9.17, 15) is 0 Å². The van der Waals surface area contributed by atoms with Crippen molar-refractivity contribution in [3.05, 3.63) is 39.6 Å². The number of aromatic nitrogens is 1. The molecule has 0 aliphatic rings. The third-order valence-corrected chi connectivity index (χ3v) is 2.86. The molecular formula is C9H5ClN2S. The fourth-order valence-electron chi connectivity index (χ4n) is 1.08. The number of nitrogens with zero attached hydrogens (tertiary/aromatic N) is 2. The molecule has 2 nitrogen and oxygen atoms in total. The Morgan fingerprint density at radius 2 is 2.38 bits per heavy atom. The number of hydrogen-bond acceptors (Lipinski definition) is 2. The molecule has 0 fully saturated rings. The van der Waals surface area contributed by atoms with E-state index < -0.39 is 0 Å². The average molecular weight is 209 g/mol. The van der Waals surface area contributed by atoms with Gasteiger partial charge in [0.15, 0.2) is 5.01 Å². The van der Waals surface area contributed by atoms with Gasteiger partial charge in [0, 0.05) is 5.02 Å². The van der Waals surface area contributed by atoms with Crippen LogP contribution in [0.5, 0.6) is 0 Å². The Labute approximate surface area is 84.6 Å². The molecule has 0 saturated carbocycles. The summed E-state index contributed by atoms with van der Waals surface area (Å²) in [5.41, 5.74) is 0.885. The van der Waals surface area contributed by atoms with E-state index in [4.69, 9.17) is 18.2 Å². The average Bonchev–Trinajstić information content (AvgIpc) is 2.46. The van der Waals surface area contributed by atoms with E-state index in [1.807, 2.05) is 18.2 Å². The first kappa shape index (κ1) is 8.49. The van der Waals surface area contributed by atoms with Gasteiger partial charge in [0.25, 0.3) is 6.54 Å². The van der Waals surface area contributed by atoms with Crippen molar-refractivity contribution in [2.75, 3.05) is 0 Å². The van der Waals surface area contributed by atoms with Crippen LogP contribution in [0.1, 0.15) is 5.01 Å². The number of fused-ring (bicyclic) bond motifs is 1. The van der Waals surface area contributed by atoms with Gasteiger partial charge in [0.1, 0.15) is 0 Å². The topological polar surface area (TPSA) is 17.2 Å². The molecule has 13 heavy (non-hydrogen) atoms. The summed E-state index contributed by atoms with van der Waals surface area (Å²) < 4.78 is 1.09. The Morgan fingerprint density at radius 1 is 1.54 bits per heavy atom. The predicted octanol–water partition coefficient (Wildman–Crippen LogP) is 3.37. The molecule has 0 radical (unpaired) electrons. The van der Waals surface area contributed by atoms with E-state index in [-0.39, 0.29) is 0 Å². The molecule has 1 heterocycles. The lowest BCUT2D eigenvalue weighted by atomic mass is 10.3. The number of hydrogen-bond donors (Lipinski definition) is 0. The van der Waals surface area contributed by atoms with Crippen LogP contribution >= 0.6 is 22.9 Å². The third kappa shape index (κ3) is 1.64. The number of rotatable bonds is 1. The second-order valence-electron chi connectivity index (χ2n) is 2.54. The molecular weight excluding hydrogens is 204 g/mol. The summed E-state index contributed by atoms with van der Waals surface area (Å²) in [5, 5.41) is 1.54. The van der Waals surface area contributed by atoms with Crippen LogP contribution in [0.4, 0.5) is 0 Å². The number of benzene rings is 1. The molecule has 0 amide bonds. The molecule has 0 spiro atoms. The van der Waals surface area contributed by atoms with Crippen LogP contribution in [-0.4, -0.2) is 4.98 Å². The molecule has 1 aromatic carbocycles. The largest absolute Gasteiger partial charge is 0.309 e.